The van der Waals surface area contributed by atoms with Gasteiger partial charge in [0, 0.05) is 5.69 Å². The summed E-state index contributed by atoms with van der Waals surface area (Å²) in [6.45, 7) is 8.69. The highest BCUT2D eigenvalue weighted by molar-refractivity contribution is 5.66. The average molecular weight is 307 g/mol. The van der Waals surface area contributed by atoms with Crippen molar-refractivity contribution in [3.8, 4) is 0 Å². The third kappa shape index (κ3) is 2.05. The minimum atomic E-state index is 0.472. The maximum Gasteiger partial charge on any atom is 0.0390 e. The van der Waals surface area contributed by atoms with Crippen LogP contribution in [0.15, 0.2) is 30.4 Å². The van der Waals surface area contributed by atoms with Gasteiger partial charge >= 0.3 is 0 Å². The van der Waals surface area contributed by atoms with Crippen LogP contribution in [0.2, 0.25) is 0 Å². The number of nitrogen functional groups attached to an aromatic ring is 1. The maximum absolute atomic E-state index is 6.27. The van der Waals surface area contributed by atoms with Gasteiger partial charge in [-0.15, -0.1) is 0 Å². The Bertz CT molecular complexity index is 683. The fourth-order valence-electron chi connectivity index (χ4n) is 6.16. The van der Waals surface area contributed by atoms with Gasteiger partial charge in [0.1, 0.15) is 0 Å². The molecule has 4 rings (SSSR count). The predicted octanol–water partition coefficient (Wildman–Crippen LogP) is 5.71. The zero-order valence-corrected chi connectivity index (χ0v) is 14.6. The number of rotatable bonds is 1. The molecule has 0 spiro atoms. The predicted molar refractivity (Wildman–Crippen MR) is 99.3 cm³/mol. The normalized spacial score (nSPS) is 37.1. The number of allylic oxidation sites excluding steroid dienone is 2. The van der Waals surface area contributed by atoms with E-state index in [2.05, 4.69) is 38.6 Å². The second kappa shape index (κ2) is 5.26. The molecule has 3 aliphatic carbocycles. The van der Waals surface area contributed by atoms with E-state index in [4.69, 9.17) is 5.73 Å². The molecule has 4 unspecified atom stereocenters. The summed E-state index contributed by atoms with van der Waals surface area (Å²) in [4.78, 5) is 0. The zero-order valence-electron chi connectivity index (χ0n) is 14.6. The zero-order chi connectivity index (χ0) is 16.2. The van der Waals surface area contributed by atoms with Crippen LogP contribution in [0, 0.1) is 17.3 Å². The van der Waals surface area contributed by atoms with Gasteiger partial charge in [0.25, 0.3) is 0 Å². The molecule has 0 aromatic heterocycles. The van der Waals surface area contributed by atoms with Crippen LogP contribution in [0.4, 0.5) is 5.69 Å². The van der Waals surface area contributed by atoms with Crippen molar-refractivity contribution in [1.29, 1.82) is 0 Å². The van der Waals surface area contributed by atoms with Crippen LogP contribution in [-0.2, 0) is 6.42 Å². The second-order valence-corrected chi connectivity index (χ2v) is 8.11. The topological polar surface area (TPSA) is 26.0 Å². The molecule has 0 radical (unpaired) electrons. The van der Waals surface area contributed by atoms with E-state index in [0.717, 1.165) is 29.0 Å². The number of nitrogens with two attached hydrogens (primary N) is 1. The molecule has 1 aromatic rings. The molecular formula is C22H29N. The van der Waals surface area contributed by atoms with Crippen molar-refractivity contribution >= 4 is 11.8 Å². The summed E-state index contributed by atoms with van der Waals surface area (Å²) >= 11 is 0. The molecule has 0 amide bonds. The number of fused-ring (bicyclic) bond motifs is 5. The summed E-state index contributed by atoms with van der Waals surface area (Å²) in [5, 5.41) is 0. The Morgan fingerprint density at radius 2 is 2.04 bits per heavy atom. The first-order valence-corrected chi connectivity index (χ1v) is 9.29. The van der Waals surface area contributed by atoms with Gasteiger partial charge < -0.3 is 5.73 Å². The van der Waals surface area contributed by atoms with Gasteiger partial charge in [0.05, 0.1) is 0 Å². The molecule has 0 saturated heterocycles. The molecule has 122 valence electrons. The van der Waals surface area contributed by atoms with Gasteiger partial charge in [-0.25, -0.2) is 0 Å². The summed E-state index contributed by atoms with van der Waals surface area (Å²) in [7, 11) is 0. The first kappa shape index (κ1) is 15.1. The standard InChI is InChI=1S/C22H29N/c1-4-14-12-15-6-8-18-17(19(15)13-21(14)23)10-11-22(3)16(5-2)7-9-20(18)22/h4-5,12-13,17-18,20H,1,6-11,23H2,2-3H3/b16-5-. The number of anilines is 1. The molecule has 23 heavy (non-hydrogen) atoms. The Morgan fingerprint density at radius 1 is 1.22 bits per heavy atom. The number of aryl methyl sites for hydroxylation is 1. The minimum absolute atomic E-state index is 0.472. The van der Waals surface area contributed by atoms with Crippen LogP contribution >= 0.6 is 0 Å². The third-order valence-electron chi connectivity index (χ3n) is 7.34. The SMILES string of the molecule is C=Cc1cc2c(cc1N)C1CCC3(C)/C(=C\C)CCC3C1CC2. The van der Waals surface area contributed by atoms with Gasteiger partial charge in [-0.2, -0.15) is 0 Å². The monoisotopic (exact) mass is 307 g/mol. The molecule has 1 aromatic carbocycles. The largest absolute Gasteiger partial charge is 0.398 e. The fraction of sp³-hybridized carbons (Fsp3) is 0.545. The molecule has 2 fully saturated rings. The van der Waals surface area contributed by atoms with Crippen LogP contribution < -0.4 is 5.73 Å². The second-order valence-electron chi connectivity index (χ2n) is 8.11. The summed E-state index contributed by atoms with van der Waals surface area (Å²) < 4.78 is 0. The van der Waals surface area contributed by atoms with E-state index in [1.165, 1.54) is 44.1 Å². The smallest absolute Gasteiger partial charge is 0.0390 e. The van der Waals surface area contributed by atoms with Gasteiger partial charge in [0.2, 0.25) is 0 Å². The first-order valence-electron chi connectivity index (χ1n) is 9.29. The molecule has 0 aliphatic heterocycles. The van der Waals surface area contributed by atoms with Crippen molar-refractivity contribution in [2.45, 2.75) is 58.3 Å². The summed E-state index contributed by atoms with van der Waals surface area (Å²) in [5.41, 5.74) is 13.6. The molecule has 1 heteroatoms. The first-order chi connectivity index (χ1) is 11.1. The Hall–Kier alpha value is -1.50. The Kier molecular flexibility index (Phi) is 3.44. The van der Waals surface area contributed by atoms with Crippen LogP contribution in [0.1, 0.15) is 68.6 Å². The number of benzene rings is 1. The van der Waals surface area contributed by atoms with Crippen LogP contribution in [0.5, 0.6) is 0 Å². The lowest BCUT2D eigenvalue weighted by molar-refractivity contribution is 0.0814. The molecular weight excluding hydrogens is 278 g/mol. The highest BCUT2D eigenvalue weighted by Gasteiger charge is 2.52. The minimum Gasteiger partial charge on any atom is -0.398 e. The summed E-state index contributed by atoms with van der Waals surface area (Å²) in [6, 6.07) is 4.57. The molecule has 4 atom stereocenters. The van der Waals surface area contributed by atoms with Crippen molar-refractivity contribution in [2.24, 2.45) is 17.3 Å². The molecule has 2 N–H and O–H groups in total. The highest BCUT2D eigenvalue weighted by Crippen LogP contribution is 2.62. The van der Waals surface area contributed by atoms with E-state index in [0.29, 0.717) is 5.41 Å². The fourth-order valence-corrected chi connectivity index (χ4v) is 6.16. The Labute approximate surface area is 140 Å². The number of hydrogen-bond acceptors (Lipinski definition) is 1. The third-order valence-corrected chi connectivity index (χ3v) is 7.34. The van der Waals surface area contributed by atoms with Gasteiger partial charge in [-0.1, -0.05) is 31.2 Å². The van der Waals surface area contributed by atoms with Crippen LogP contribution in [-0.4, -0.2) is 0 Å². The van der Waals surface area contributed by atoms with Crippen molar-refractivity contribution in [3.05, 3.63) is 47.1 Å². The lowest BCUT2D eigenvalue weighted by atomic mass is 9.55. The lowest BCUT2D eigenvalue weighted by Crippen LogP contribution is -2.40. The quantitative estimate of drug-likeness (QED) is 0.521. The van der Waals surface area contributed by atoms with E-state index < -0.39 is 0 Å². The van der Waals surface area contributed by atoms with Crippen LogP contribution in [0.25, 0.3) is 6.08 Å². The van der Waals surface area contributed by atoms with Crippen LogP contribution in [0.3, 0.4) is 0 Å². The van der Waals surface area contributed by atoms with Crippen molar-refractivity contribution in [1.82, 2.24) is 0 Å². The molecule has 0 heterocycles. The molecule has 3 aliphatic rings. The van der Waals surface area contributed by atoms with E-state index in [1.54, 1.807) is 11.1 Å². The lowest BCUT2D eigenvalue weighted by Gasteiger charge is -2.49. The Morgan fingerprint density at radius 3 is 2.78 bits per heavy atom. The van der Waals surface area contributed by atoms with E-state index >= 15 is 0 Å². The molecule has 1 nitrogen and oxygen atoms in total. The molecule has 0 bridgehead atoms. The van der Waals surface area contributed by atoms with E-state index in [-0.39, 0.29) is 0 Å². The van der Waals surface area contributed by atoms with Crippen molar-refractivity contribution in [2.75, 3.05) is 5.73 Å². The summed E-state index contributed by atoms with van der Waals surface area (Å²) in [6.07, 6.45) is 12.3. The maximum atomic E-state index is 6.27. The number of hydrogen-bond donors (Lipinski definition) is 1. The molecule has 2 saturated carbocycles. The Balaban J connectivity index is 1.73. The average Bonchev–Trinajstić information content (AvgIpc) is 2.90. The van der Waals surface area contributed by atoms with Crippen molar-refractivity contribution < 1.29 is 0 Å². The summed E-state index contributed by atoms with van der Waals surface area (Å²) in [5.74, 6) is 2.46. The van der Waals surface area contributed by atoms with Gasteiger partial charge in [0.15, 0.2) is 0 Å². The van der Waals surface area contributed by atoms with Crippen molar-refractivity contribution in [3.63, 3.8) is 0 Å². The van der Waals surface area contributed by atoms with E-state index in [9.17, 15) is 0 Å². The van der Waals surface area contributed by atoms with Gasteiger partial charge in [-0.05, 0) is 97.4 Å². The highest BCUT2D eigenvalue weighted by atomic mass is 14.6. The van der Waals surface area contributed by atoms with Gasteiger partial charge in [-0.3, -0.25) is 0 Å². The van der Waals surface area contributed by atoms with E-state index in [1.807, 2.05) is 6.08 Å².